The highest BCUT2D eigenvalue weighted by Gasteiger charge is 2.05. The Morgan fingerprint density at radius 1 is 1.23 bits per heavy atom. The number of hydrazone groups is 1. The molecular formula is C17H15N3O2. The van der Waals surface area contributed by atoms with Gasteiger partial charge in [0.1, 0.15) is 5.75 Å². The third-order valence-electron chi connectivity index (χ3n) is 3.32. The first kappa shape index (κ1) is 13.9. The number of hydrogen-bond donors (Lipinski definition) is 2. The van der Waals surface area contributed by atoms with E-state index in [1.165, 1.54) is 0 Å². The first-order valence-electron chi connectivity index (χ1n) is 6.81. The van der Waals surface area contributed by atoms with Gasteiger partial charge in [-0.3, -0.25) is 4.79 Å². The van der Waals surface area contributed by atoms with Crippen LogP contribution in [-0.4, -0.2) is 24.2 Å². The molecule has 2 aromatic carbocycles. The highest BCUT2D eigenvalue weighted by Crippen LogP contribution is 2.15. The number of carbonyl (C=O) groups excluding carboxylic acids is 1. The fourth-order valence-corrected chi connectivity index (χ4v) is 2.19. The molecule has 3 rings (SSSR count). The van der Waals surface area contributed by atoms with Gasteiger partial charge < -0.3 is 9.72 Å². The summed E-state index contributed by atoms with van der Waals surface area (Å²) in [6.07, 6.45) is 3.47. The molecule has 0 saturated carbocycles. The van der Waals surface area contributed by atoms with Crippen molar-refractivity contribution in [1.82, 2.24) is 10.4 Å². The summed E-state index contributed by atoms with van der Waals surface area (Å²) in [5, 5.41) is 5.07. The third kappa shape index (κ3) is 2.83. The zero-order valence-corrected chi connectivity index (χ0v) is 12.0. The number of hydrogen-bond acceptors (Lipinski definition) is 3. The van der Waals surface area contributed by atoms with E-state index >= 15 is 0 Å². The van der Waals surface area contributed by atoms with E-state index in [-0.39, 0.29) is 5.91 Å². The van der Waals surface area contributed by atoms with Crippen LogP contribution >= 0.6 is 0 Å². The Labute approximate surface area is 127 Å². The lowest BCUT2D eigenvalue weighted by molar-refractivity contribution is 0.0955. The first-order valence-corrected chi connectivity index (χ1v) is 6.81. The summed E-state index contributed by atoms with van der Waals surface area (Å²) in [4.78, 5) is 15.2. The fraction of sp³-hybridized carbons (Fsp3) is 0.0588. The monoisotopic (exact) mass is 293 g/mol. The zero-order chi connectivity index (χ0) is 15.4. The van der Waals surface area contributed by atoms with Crippen LogP contribution in [0.1, 0.15) is 15.9 Å². The van der Waals surface area contributed by atoms with Crippen LogP contribution in [0.5, 0.6) is 5.75 Å². The van der Waals surface area contributed by atoms with Gasteiger partial charge in [0.25, 0.3) is 5.91 Å². The van der Waals surface area contributed by atoms with Gasteiger partial charge in [-0.05, 0) is 24.3 Å². The Morgan fingerprint density at radius 2 is 2.09 bits per heavy atom. The molecule has 0 aliphatic heterocycles. The van der Waals surface area contributed by atoms with Gasteiger partial charge in [0, 0.05) is 28.2 Å². The second kappa shape index (κ2) is 6.13. The van der Waals surface area contributed by atoms with E-state index in [2.05, 4.69) is 15.5 Å². The van der Waals surface area contributed by atoms with Crippen molar-refractivity contribution in [3.63, 3.8) is 0 Å². The maximum Gasteiger partial charge on any atom is 0.271 e. The van der Waals surface area contributed by atoms with Gasteiger partial charge in [-0.1, -0.05) is 24.3 Å². The highest BCUT2D eigenvalue weighted by molar-refractivity contribution is 6.00. The number of aromatic nitrogens is 1. The predicted octanol–water partition coefficient (Wildman–Crippen LogP) is 2.94. The minimum Gasteiger partial charge on any atom is -0.497 e. The summed E-state index contributed by atoms with van der Waals surface area (Å²) >= 11 is 0. The number of rotatable bonds is 4. The van der Waals surface area contributed by atoms with Crippen LogP contribution in [0.25, 0.3) is 10.9 Å². The van der Waals surface area contributed by atoms with Crippen LogP contribution < -0.4 is 10.2 Å². The second-order valence-electron chi connectivity index (χ2n) is 4.72. The van der Waals surface area contributed by atoms with Crippen LogP contribution in [0.3, 0.4) is 0 Å². The van der Waals surface area contributed by atoms with E-state index in [4.69, 9.17) is 4.74 Å². The van der Waals surface area contributed by atoms with Gasteiger partial charge in [0.2, 0.25) is 0 Å². The van der Waals surface area contributed by atoms with Gasteiger partial charge in [0.15, 0.2) is 0 Å². The largest absolute Gasteiger partial charge is 0.497 e. The van der Waals surface area contributed by atoms with E-state index in [1.807, 2.05) is 30.5 Å². The molecule has 0 saturated heterocycles. The Bertz CT molecular complexity index is 837. The van der Waals surface area contributed by atoms with Gasteiger partial charge in [-0.25, -0.2) is 5.43 Å². The van der Waals surface area contributed by atoms with Crippen LogP contribution in [-0.2, 0) is 0 Å². The topological polar surface area (TPSA) is 66.5 Å². The minimum atomic E-state index is -0.282. The van der Waals surface area contributed by atoms with Gasteiger partial charge >= 0.3 is 0 Å². The normalized spacial score (nSPS) is 11.0. The SMILES string of the molecule is COc1cccc(C(=O)N/N=C/c2c[nH]c3ccccc23)c1. The van der Waals surface area contributed by atoms with Crippen molar-refractivity contribution in [1.29, 1.82) is 0 Å². The average molecular weight is 293 g/mol. The number of aromatic amines is 1. The standard InChI is InChI=1S/C17H15N3O2/c1-22-14-6-4-5-12(9-14)17(21)20-19-11-13-10-18-16-8-3-2-7-15(13)16/h2-11,18H,1H3,(H,20,21)/b19-11+. The van der Waals surface area contributed by atoms with E-state index < -0.39 is 0 Å². The summed E-state index contributed by atoms with van der Waals surface area (Å²) in [5.74, 6) is 0.350. The van der Waals surface area contributed by atoms with E-state index in [0.717, 1.165) is 16.5 Å². The molecule has 5 nitrogen and oxygen atoms in total. The summed E-state index contributed by atoms with van der Waals surface area (Å²) in [7, 11) is 1.56. The van der Waals surface area contributed by atoms with Crippen molar-refractivity contribution in [2.45, 2.75) is 0 Å². The lowest BCUT2D eigenvalue weighted by Gasteiger charge is -2.02. The van der Waals surface area contributed by atoms with Crippen LogP contribution in [0.2, 0.25) is 0 Å². The molecule has 1 aromatic heterocycles. The molecular weight excluding hydrogens is 278 g/mol. The molecule has 0 aliphatic carbocycles. The Hall–Kier alpha value is -3.08. The number of nitrogens with one attached hydrogen (secondary N) is 2. The van der Waals surface area contributed by atoms with Crippen molar-refractivity contribution in [3.8, 4) is 5.75 Å². The number of H-pyrrole nitrogens is 1. The number of nitrogens with zero attached hydrogens (tertiary/aromatic N) is 1. The van der Waals surface area contributed by atoms with E-state index in [9.17, 15) is 4.79 Å². The lowest BCUT2D eigenvalue weighted by atomic mass is 10.2. The Morgan fingerprint density at radius 3 is 2.95 bits per heavy atom. The number of carbonyl (C=O) groups is 1. The van der Waals surface area contributed by atoms with Crippen molar-refractivity contribution in [3.05, 3.63) is 65.9 Å². The van der Waals surface area contributed by atoms with E-state index in [1.54, 1.807) is 37.6 Å². The molecule has 0 atom stereocenters. The van der Waals surface area contributed by atoms with Crippen molar-refractivity contribution < 1.29 is 9.53 Å². The molecule has 3 aromatic rings. The second-order valence-corrected chi connectivity index (χ2v) is 4.72. The molecule has 0 fully saturated rings. The summed E-state index contributed by atoms with van der Waals surface area (Å²) in [6, 6.07) is 14.8. The van der Waals surface area contributed by atoms with Crippen molar-refractivity contribution in [2.24, 2.45) is 5.10 Å². The maximum atomic E-state index is 12.0. The fourth-order valence-electron chi connectivity index (χ4n) is 2.19. The summed E-state index contributed by atoms with van der Waals surface area (Å²) in [6.45, 7) is 0. The Kier molecular flexibility index (Phi) is 3.87. The van der Waals surface area contributed by atoms with Crippen molar-refractivity contribution in [2.75, 3.05) is 7.11 Å². The minimum absolute atomic E-state index is 0.282. The summed E-state index contributed by atoms with van der Waals surface area (Å²) < 4.78 is 5.09. The molecule has 0 radical (unpaired) electrons. The van der Waals surface area contributed by atoms with Crippen molar-refractivity contribution >= 4 is 23.0 Å². The van der Waals surface area contributed by atoms with Crippen LogP contribution in [0.4, 0.5) is 0 Å². The predicted molar refractivity (Wildman–Crippen MR) is 86.4 cm³/mol. The van der Waals surface area contributed by atoms with Crippen LogP contribution in [0.15, 0.2) is 59.8 Å². The smallest absolute Gasteiger partial charge is 0.271 e. The number of amides is 1. The number of fused-ring (bicyclic) bond motifs is 1. The summed E-state index contributed by atoms with van der Waals surface area (Å²) in [5.41, 5.74) is 4.96. The van der Waals surface area contributed by atoms with Gasteiger partial charge in [-0.2, -0.15) is 5.10 Å². The molecule has 110 valence electrons. The maximum absolute atomic E-state index is 12.0. The third-order valence-corrected chi connectivity index (χ3v) is 3.32. The molecule has 0 spiro atoms. The average Bonchev–Trinajstić information content (AvgIpc) is 2.98. The molecule has 22 heavy (non-hydrogen) atoms. The molecule has 5 heteroatoms. The first-order chi connectivity index (χ1) is 10.8. The molecule has 0 unspecified atom stereocenters. The molecule has 2 N–H and O–H groups in total. The zero-order valence-electron chi connectivity index (χ0n) is 12.0. The Balaban J connectivity index is 1.72. The van der Waals surface area contributed by atoms with Gasteiger partial charge in [0.05, 0.1) is 13.3 Å². The molecule has 1 heterocycles. The van der Waals surface area contributed by atoms with Gasteiger partial charge in [-0.15, -0.1) is 0 Å². The number of methoxy groups -OCH3 is 1. The number of para-hydroxylation sites is 1. The highest BCUT2D eigenvalue weighted by atomic mass is 16.5. The van der Waals surface area contributed by atoms with Crippen LogP contribution in [0, 0.1) is 0 Å². The number of ether oxygens (including phenoxy) is 1. The molecule has 0 bridgehead atoms. The van der Waals surface area contributed by atoms with E-state index in [0.29, 0.717) is 11.3 Å². The lowest BCUT2D eigenvalue weighted by Crippen LogP contribution is -2.17. The quantitative estimate of drug-likeness (QED) is 0.573. The molecule has 0 aliphatic rings. The number of benzene rings is 2. The molecule has 1 amide bonds.